The first-order valence-electron chi connectivity index (χ1n) is 4.89. The van der Waals surface area contributed by atoms with E-state index in [1.54, 1.807) is 6.26 Å². The van der Waals surface area contributed by atoms with Crippen LogP contribution in [-0.4, -0.2) is 28.8 Å². The van der Waals surface area contributed by atoms with Gasteiger partial charge < -0.3 is 10.6 Å². The molecule has 1 aromatic carbocycles. The number of rotatable bonds is 4. The van der Waals surface area contributed by atoms with Crippen molar-refractivity contribution in [2.24, 2.45) is 0 Å². The maximum absolute atomic E-state index is 11.5. The Morgan fingerprint density at radius 2 is 1.83 bits per heavy atom. The van der Waals surface area contributed by atoms with Crippen LogP contribution >= 0.6 is 34.8 Å². The average molecular weight is 330 g/mol. The van der Waals surface area contributed by atoms with Crippen molar-refractivity contribution in [2.45, 2.75) is 0 Å². The van der Waals surface area contributed by atoms with Crippen molar-refractivity contribution in [1.82, 2.24) is 5.32 Å². The Morgan fingerprint density at radius 3 is 2.44 bits per heavy atom. The Morgan fingerprint density at radius 1 is 1.22 bits per heavy atom. The summed E-state index contributed by atoms with van der Waals surface area (Å²) in [7, 11) is -0.947. The molecule has 4 nitrogen and oxygen atoms in total. The van der Waals surface area contributed by atoms with E-state index >= 15 is 0 Å². The van der Waals surface area contributed by atoms with Crippen molar-refractivity contribution in [1.29, 1.82) is 0 Å². The quantitative estimate of drug-likeness (QED) is 0.834. The van der Waals surface area contributed by atoms with E-state index < -0.39 is 16.8 Å². The molecule has 1 aromatic rings. The molecule has 0 radical (unpaired) electrons. The van der Waals surface area contributed by atoms with Crippen LogP contribution < -0.4 is 10.6 Å². The molecule has 0 bridgehead atoms. The van der Waals surface area contributed by atoms with E-state index in [1.165, 1.54) is 12.1 Å². The maximum atomic E-state index is 11.5. The van der Waals surface area contributed by atoms with Crippen molar-refractivity contribution in [3.05, 3.63) is 27.2 Å². The fourth-order valence-electron chi connectivity index (χ4n) is 1.09. The molecule has 0 saturated carbocycles. The van der Waals surface area contributed by atoms with Gasteiger partial charge in [-0.2, -0.15) is 0 Å². The van der Waals surface area contributed by atoms with E-state index in [2.05, 4.69) is 10.6 Å². The molecule has 2 amide bonds. The molecule has 0 fully saturated rings. The van der Waals surface area contributed by atoms with Gasteiger partial charge in [0.05, 0.1) is 20.8 Å². The van der Waals surface area contributed by atoms with Gasteiger partial charge in [-0.25, -0.2) is 4.79 Å². The molecule has 100 valence electrons. The number of benzene rings is 1. The number of hydrogen-bond acceptors (Lipinski definition) is 2. The molecule has 1 atom stereocenters. The SMILES string of the molecule is C[S@@](=O)CCNC(=O)Nc1cc(Cl)c(Cl)cc1Cl. The first-order valence-corrected chi connectivity index (χ1v) is 7.75. The lowest BCUT2D eigenvalue weighted by Crippen LogP contribution is -2.31. The highest BCUT2D eigenvalue weighted by atomic mass is 35.5. The summed E-state index contributed by atoms with van der Waals surface area (Å²) in [5.41, 5.74) is 0.362. The maximum Gasteiger partial charge on any atom is 0.319 e. The Labute approximate surface area is 122 Å². The Hall–Kier alpha value is -0.490. The predicted molar refractivity (Wildman–Crippen MR) is 77.4 cm³/mol. The van der Waals surface area contributed by atoms with Gasteiger partial charge in [0.1, 0.15) is 0 Å². The molecule has 0 aliphatic rings. The van der Waals surface area contributed by atoms with Gasteiger partial charge in [-0.15, -0.1) is 0 Å². The van der Waals surface area contributed by atoms with Crippen LogP contribution in [0.25, 0.3) is 0 Å². The van der Waals surface area contributed by atoms with Crippen LogP contribution in [0.5, 0.6) is 0 Å². The third-order valence-electron chi connectivity index (χ3n) is 1.93. The van der Waals surface area contributed by atoms with E-state index in [-0.39, 0.29) is 0 Å². The molecule has 0 aliphatic carbocycles. The molecule has 8 heteroatoms. The summed E-state index contributed by atoms with van der Waals surface area (Å²) >= 11 is 17.5. The van der Waals surface area contributed by atoms with Crippen molar-refractivity contribution < 1.29 is 9.00 Å². The standard InChI is InChI=1S/C10H11Cl3N2O2S/c1-18(17)3-2-14-10(16)15-9-5-7(12)6(11)4-8(9)13/h4-5H,2-3H2,1H3,(H2,14,15,16)/t18-/m1/s1. The second kappa shape index (κ2) is 7.19. The normalized spacial score (nSPS) is 12.0. The van der Waals surface area contributed by atoms with Crippen LogP contribution in [0.1, 0.15) is 0 Å². The smallest absolute Gasteiger partial charge is 0.319 e. The zero-order valence-corrected chi connectivity index (χ0v) is 12.5. The molecule has 0 aliphatic heterocycles. The minimum absolute atomic E-state index is 0.290. The summed E-state index contributed by atoms with van der Waals surface area (Å²) in [6.45, 7) is 0.313. The topological polar surface area (TPSA) is 58.2 Å². The average Bonchev–Trinajstić information content (AvgIpc) is 2.25. The van der Waals surface area contributed by atoms with Gasteiger partial charge in [-0.1, -0.05) is 34.8 Å². The lowest BCUT2D eigenvalue weighted by atomic mass is 10.3. The van der Waals surface area contributed by atoms with Crippen LogP contribution in [0, 0.1) is 0 Å². The summed E-state index contributed by atoms with van der Waals surface area (Å²) in [6.07, 6.45) is 1.56. The van der Waals surface area contributed by atoms with Gasteiger partial charge in [0.2, 0.25) is 0 Å². The monoisotopic (exact) mass is 328 g/mol. The second-order valence-electron chi connectivity index (χ2n) is 3.40. The number of anilines is 1. The Balaban J connectivity index is 2.59. The lowest BCUT2D eigenvalue weighted by molar-refractivity contribution is 0.252. The molecule has 0 unspecified atom stereocenters. The number of nitrogens with one attached hydrogen (secondary N) is 2. The number of halogens is 3. The molecule has 18 heavy (non-hydrogen) atoms. The van der Waals surface area contributed by atoms with Gasteiger partial charge in [-0.3, -0.25) is 4.21 Å². The highest BCUT2D eigenvalue weighted by Gasteiger charge is 2.08. The van der Waals surface area contributed by atoms with E-state index in [0.717, 1.165) is 0 Å². The number of amides is 2. The molecule has 0 heterocycles. The van der Waals surface area contributed by atoms with Gasteiger partial charge >= 0.3 is 6.03 Å². The van der Waals surface area contributed by atoms with Gasteiger partial charge in [0.25, 0.3) is 0 Å². The molecule has 0 saturated heterocycles. The third-order valence-corrected chi connectivity index (χ3v) is 3.75. The Bertz CT molecular complexity index is 482. The van der Waals surface area contributed by atoms with E-state index in [4.69, 9.17) is 34.8 Å². The third kappa shape index (κ3) is 5.02. The number of hydrogen-bond donors (Lipinski definition) is 2. The van der Waals surface area contributed by atoms with Gasteiger partial charge in [0.15, 0.2) is 0 Å². The molecular weight excluding hydrogens is 319 g/mol. The predicted octanol–water partition coefficient (Wildman–Crippen LogP) is 3.15. The molecule has 2 N–H and O–H groups in total. The van der Waals surface area contributed by atoms with Gasteiger partial charge in [-0.05, 0) is 12.1 Å². The Kier molecular flexibility index (Phi) is 6.21. The molecular formula is C10H11Cl3N2O2S. The van der Waals surface area contributed by atoms with Crippen molar-refractivity contribution in [2.75, 3.05) is 23.9 Å². The number of carbonyl (C=O) groups excluding carboxylic acids is 1. The van der Waals surface area contributed by atoms with Crippen LogP contribution in [0.3, 0.4) is 0 Å². The highest BCUT2D eigenvalue weighted by Crippen LogP contribution is 2.32. The fraction of sp³-hybridized carbons (Fsp3) is 0.300. The summed E-state index contributed by atoms with van der Waals surface area (Å²) in [6, 6.07) is 2.46. The summed E-state index contributed by atoms with van der Waals surface area (Å²) in [5.74, 6) is 0.391. The first-order chi connectivity index (χ1) is 8.40. The van der Waals surface area contributed by atoms with Crippen molar-refractivity contribution in [3.8, 4) is 0 Å². The highest BCUT2D eigenvalue weighted by molar-refractivity contribution is 7.84. The lowest BCUT2D eigenvalue weighted by Gasteiger charge is -2.09. The zero-order chi connectivity index (χ0) is 13.7. The number of carbonyl (C=O) groups is 1. The zero-order valence-electron chi connectivity index (χ0n) is 9.43. The number of urea groups is 1. The van der Waals surface area contributed by atoms with E-state index in [1.807, 2.05) is 0 Å². The van der Waals surface area contributed by atoms with Crippen LogP contribution in [0.2, 0.25) is 15.1 Å². The van der Waals surface area contributed by atoms with Crippen molar-refractivity contribution in [3.63, 3.8) is 0 Å². The van der Waals surface area contributed by atoms with Crippen LogP contribution in [-0.2, 0) is 10.8 Å². The van der Waals surface area contributed by atoms with E-state index in [0.29, 0.717) is 33.1 Å². The summed E-state index contributed by atoms with van der Waals surface area (Å²) in [5, 5.41) is 5.98. The van der Waals surface area contributed by atoms with Gasteiger partial charge in [0, 0.05) is 29.4 Å². The van der Waals surface area contributed by atoms with Crippen LogP contribution in [0.15, 0.2) is 12.1 Å². The summed E-state index contributed by atoms with van der Waals surface area (Å²) in [4.78, 5) is 11.5. The largest absolute Gasteiger partial charge is 0.337 e. The first kappa shape index (κ1) is 15.6. The van der Waals surface area contributed by atoms with Crippen LogP contribution in [0.4, 0.5) is 10.5 Å². The minimum Gasteiger partial charge on any atom is -0.337 e. The van der Waals surface area contributed by atoms with Crippen molar-refractivity contribution >= 4 is 57.3 Å². The molecule has 0 aromatic heterocycles. The second-order valence-corrected chi connectivity index (χ2v) is 6.18. The minimum atomic E-state index is -0.947. The molecule has 1 rings (SSSR count). The fourth-order valence-corrected chi connectivity index (χ4v) is 2.08. The summed E-state index contributed by atoms with van der Waals surface area (Å²) < 4.78 is 10.8. The van der Waals surface area contributed by atoms with E-state index in [9.17, 15) is 9.00 Å². The molecule has 0 spiro atoms.